The molecule has 0 radical (unpaired) electrons. The van der Waals surface area contributed by atoms with Crippen LogP contribution in [-0.2, 0) is 9.59 Å². The highest BCUT2D eigenvalue weighted by Gasteiger charge is 2.13. The minimum Gasteiger partial charge on any atom is -0.481 e. The Morgan fingerprint density at radius 2 is 1.62 bits per heavy atom. The quantitative estimate of drug-likeness (QED) is 0.716. The number of hydrogen-bond donors (Lipinski definition) is 1. The largest absolute Gasteiger partial charge is 0.481 e. The first-order chi connectivity index (χ1) is 5.81. The molecule has 0 atom stereocenters. The van der Waals surface area contributed by atoms with Gasteiger partial charge in [0.1, 0.15) is 5.78 Å². The van der Waals surface area contributed by atoms with E-state index in [2.05, 4.69) is 20.8 Å². The first kappa shape index (κ1) is 12.1. The fourth-order valence-corrected chi connectivity index (χ4v) is 0.886. The molecule has 0 heterocycles. The molecule has 0 aliphatic carbocycles. The summed E-state index contributed by atoms with van der Waals surface area (Å²) in [6.45, 7) is 6.20. The summed E-state index contributed by atoms with van der Waals surface area (Å²) in [5, 5.41) is 8.34. The van der Waals surface area contributed by atoms with Gasteiger partial charge in [-0.3, -0.25) is 9.59 Å². The molecule has 3 heteroatoms. The molecule has 0 aromatic carbocycles. The van der Waals surface area contributed by atoms with Crippen LogP contribution < -0.4 is 0 Å². The lowest BCUT2D eigenvalue weighted by Gasteiger charge is -2.16. The Hall–Kier alpha value is -0.860. The van der Waals surface area contributed by atoms with Crippen molar-refractivity contribution >= 4 is 11.8 Å². The lowest BCUT2D eigenvalue weighted by atomic mass is 9.89. The van der Waals surface area contributed by atoms with Gasteiger partial charge in [-0.15, -0.1) is 0 Å². The van der Waals surface area contributed by atoms with Crippen LogP contribution in [0.15, 0.2) is 0 Å². The fraction of sp³-hybridized carbons (Fsp3) is 0.800. The number of carbonyl (C=O) groups is 2. The van der Waals surface area contributed by atoms with Crippen molar-refractivity contribution < 1.29 is 14.7 Å². The molecule has 76 valence electrons. The third kappa shape index (κ3) is 9.05. The Morgan fingerprint density at radius 3 is 2.00 bits per heavy atom. The van der Waals surface area contributed by atoms with Crippen molar-refractivity contribution in [1.29, 1.82) is 0 Å². The second-order valence-electron chi connectivity index (χ2n) is 4.49. The van der Waals surface area contributed by atoms with Crippen molar-refractivity contribution in [2.24, 2.45) is 5.41 Å². The SMILES string of the molecule is CC(C)(C)CCC(=O)CCC(=O)O. The Balaban J connectivity index is 3.58. The van der Waals surface area contributed by atoms with Crippen LogP contribution >= 0.6 is 0 Å². The van der Waals surface area contributed by atoms with Crippen LogP contribution in [0.1, 0.15) is 46.5 Å². The molecule has 0 aliphatic heterocycles. The molecule has 0 saturated carbocycles. The number of Topliss-reactive ketones (excluding diaryl/α,β-unsaturated/α-hetero) is 1. The van der Waals surface area contributed by atoms with Gasteiger partial charge in [0.2, 0.25) is 0 Å². The van der Waals surface area contributed by atoms with Gasteiger partial charge in [-0.2, -0.15) is 0 Å². The molecule has 3 nitrogen and oxygen atoms in total. The van der Waals surface area contributed by atoms with E-state index in [0.717, 1.165) is 6.42 Å². The van der Waals surface area contributed by atoms with E-state index in [9.17, 15) is 9.59 Å². The highest BCUT2D eigenvalue weighted by Crippen LogP contribution is 2.21. The Labute approximate surface area is 79.1 Å². The van der Waals surface area contributed by atoms with Crippen molar-refractivity contribution in [1.82, 2.24) is 0 Å². The van der Waals surface area contributed by atoms with E-state index in [1.54, 1.807) is 0 Å². The zero-order valence-electron chi connectivity index (χ0n) is 8.59. The van der Waals surface area contributed by atoms with Gasteiger partial charge in [0.15, 0.2) is 0 Å². The van der Waals surface area contributed by atoms with E-state index < -0.39 is 5.97 Å². The average Bonchev–Trinajstić information content (AvgIpc) is 1.95. The summed E-state index contributed by atoms with van der Waals surface area (Å²) < 4.78 is 0. The Morgan fingerprint density at radius 1 is 1.08 bits per heavy atom. The molecule has 0 rings (SSSR count). The van der Waals surface area contributed by atoms with Gasteiger partial charge in [-0.05, 0) is 11.8 Å². The van der Waals surface area contributed by atoms with E-state index in [-0.39, 0.29) is 24.0 Å². The number of rotatable bonds is 5. The van der Waals surface area contributed by atoms with Crippen LogP contribution in [0.2, 0.25) is 0 Å². The Kier molecular flexibility index (Phi) is 4.67. The molecule has 0 bridgehead atoms. The molecule has 0 unspecified atom stereocenters. The average molecular weight is 186 g/mol. The summed E-state index contributed by atoms with van der Waals surface area (Å²) in [4.78, 5) is 21.3. The lowest BCUT2D eigenvalue weighted by molar-refractivity contribution is -0.138. The van der Waals surface area contributed by atoms with Crippen molar-refractivity contribution in [2.45, 2.75) is 46.5 Å². The fourth-order valence-electron chi connectivity index (χ4n) is 0.886. The summed E-state index contributed by atoms with van der Waals surface area (Å²) in [5.41, 5.74) is 0.152. The third-order valence-electron chi connectivity index (χ3n) is 1.77. The Bertz CT molecular complexity index is 189. The zero-order valence-corrected chi connectivity index (χ0v) is 8.59. The van der Waals surface area contributed by atoms with Crippen LogP contribution in [0.3, 0.4) is 0 Å². The highest BCUT2D eigenvalue weighted by molar-refractivity contribution is 5.82. The minimum absolute atomic E-state index is 0.0387. The second-order valence-corrected chi connectivity index (χ2v) is 4.49. The number of ketones is 1. The van der Waals surface area contributed by atoms with Crippen molar-refractivity contribution in [3.63, 3.8) is 0 Å². The van der Waals surface area contributed by atoms with Crippen LogP contribution in [0.4, 0.5) is 0 Å². The van der Waals surface area contributed by atoms with E-state index >= 15 is 0 Å². The number of carboxylic acids is 1. The number of carbonyl (C=O) groups excluding carboxylic acids is 1. The van der Waals surface area contributed by atoms with Crippen molar-refractivity contribution in [2.75, 3.05) is 0 Å². The van der Waals surface area contributed by atoms with Gasteiger partial charge in [0, 0.05) is 12.8 Å². The van der Waals surface area contributed by atoms with Crippen LogP contribution in [0, 0.1) is 5.41 Å². The predicted molar refractivity (Wildman–Crippen MR) is 50.6 cm³/mol. The summed E-state index contributed by atoms with van der Waals surface area (Å²) in [6.07, 6.45) is 1.45. The minimum atomic E-state index is -0.899. The number of carboxylic acid groups (broad SMARTS) is 1. The van der Waals surface area contributed by atoms with E-state index in [1.165, 1.54) is 0 Å². The molecule has 0 aromatic rings. The van der Waals surface area contributed by atoms with E-state index in [1.807, 2.05) is 0 Å². The summed E-state index contributed by atoms with van der Waals surface area (Å²) in [7, 11) is 0. The van der Waals surface area contributed by atoms with Gasteiger partial charge < -0.3 is 5.11 Å². The molecule has 0 spiro atoms. The predicted octanol–water partition coefficient (Wildman–Crippen LogP) is 2.25. The topological polar surface area (TPSA) is 54.4 Å². The van der Waals surface area contributed by atoms with E-state index in [4.69, 9.17) is 5.11 Å². The van der Waals surface area contributed by atoms with Gasteiger partial charge >= 0.3 is 5.97 Å². The molecule has 13 heavy (non-hydrogen) atoms. The molecule has 0 aromatic heterocycles. The van der Waals surface area contributed by atoms with Gasteiger partial charge in [-0.25, -0.2) is 0 Å². The van der Waals surface area contributed by atoms with Gasteiger partial charge in [0.05, 0.1) is 6.42 Å². The summed E-state index contributed by atoms with van der Waals surface area (Å²) in [5.74, 6) is -0.846. The second kappa shape index (κ2) is 5.00. The molecule has 0 saturated heterocycles. The monoisotopic (exact) mass is 186 g/mol. The molecular formula is C10H18O3. The normalized spacial score (nSPS) is 11.3. The maximum atomic E-state index is 11.1. The van der Waals surface area contributed by atoms with Crippen LogP contribution in [0.5, 0.6) is 0 Å². The maximum absolute atomic E-state index is 11.1. The standard InChI is InChI=1S/C10H18O3/c1-10(2,3)7-6-8(11)4-5-9(12)13/h4-7H2,1-3H3,(H,12,13). The zero-order chi connectivity index (χ0) is 10.5. The maximum Gasteiger partial charge on any atom is 0.303 e. The third-order valence-corrected chi connectivity index (χ3v) is 1.77. The van der Waals surface area contributed by atoms with Crippen molar-refractivity contribution in [3.05, 3.63) is 0 Å². The van der Waals surface area contributed by atoms with E-state index in [0.29, 0.717) is 6.42 Å². The summed E-state index contributed by atoms with van der Waals surface area (Å²) in [6, 6.07) is 0. The molecular weight excluding hydrogens is 168 g/mol. The molecule has 0 aliphatic rings. The lowest BCUT2D eigenvalue weighted by Crippen LogP contribution is -2.10. The van der Waals surface area contributed by atoms with Crippen LogP contribution in [-0.4, -0.2) is 16.9 Å². The molecule has 0 amide bonds. The first-order valence-corrected chi connectivity index (χ1v) is 4.55. The highest BCUT2D eigenvalue weighted by atomic mass is 16.4. The molecule has 1 N–H and O–H groups in total. The smallest absolute Gasteiger partial charge is 0.303 e. The number of aliphatic carboxylic acids is 1. The first-order valence-electron chi connectivity index (χ1n) is 4.55. The van der Waals surface area contributed by atoms with Crippen LogP contribution in [0.25, 0.3) is 0 Å². The van der Waals surface area contributed by atoms with Crippen molar-refractivity contribution in [3.8, 4) is 0 Å². The summed E-state index contributed by atoms with van der Waals surface area (Å²) >= 11 is 0. The van der Waals surface area contributed by atoms with Gasteiger partial charge in [0.25, 0.3) is 0 Å². The number of hydrogen-bond acceptors (Lipinski definition) is 2. The van der Waals surface area contributed by atoms with Gasteiger partial charge in [-0.1, -0.05) is 20.8 Å². The molecule has 0 fully saturated rings.